The topological polar surface area (TPSA) is 95.4 Å². The third-order valence-electron chi connectivity index (χ3n) is 6.62. The predicted octanol–water partition coefficient (Wildman–Crippen LogP) is 4.56. The summed E-state index contributed by atoms with van der Waals surface area (Å²) in [6.07, 6.45) is 5.47. The molecule has 2 N–H and O–H groups in total. The summed E-state index contributed by atoms with van der Waals surface area (Å²) in [5.41, 5.74) is 8.69. The average Bonchev–Trinajstić information content (AvgIpc) is 3.22. The number of aromatic nitrogens is 3. The number of hydrogen-bond donors (Lipinski definition) is 1. The average molecular weight is 502 g/mol. The van der Waals surface area contributed by atoms with Gasteiger partial charge >= 0.3 is 5.69 Å². The van der Waals surface area contributed by atoms with Crippen LogP contribution in [0.2, 0.25) is 0 Å². The zero-order valence-corrected chi connectivity index (χ0v) is 20.5. The van der Waals surface area contributed by atoms with Gasteiger partial charge in [-0.1, -0.05) is 18.2 Å². The third kappa shape index (κ3) is 4.72. The number of fused-ring (bicyclic) bond motifs is 1. The summed E-state index contributed by atoms with van der Waals surface area (Å²) in [5, 5.41) is 0. The van der Waals surface area contributed by atoms with E-state index in [9.17, 15) is 14.0 Å². The van der Waals surface area contributed by atoms with Crippen molar-refractivity contribution in [3.05, 3.63) is 89.0 Å². The van der Waals surface area contributed by atoms with Gasteiger partial charge < -0.3 is 15.4 Å². The second kappa shape index (κ2) is 10.3. The number of imidazole rings is 1. The number of nitrogens with zero attached hydrogens (tertiary/aromatic N) is 4. The lowest BCUT2D eigenvalue weighted by Crippen LogP contribution is -2.42. The standard InChI is InChI=1S/C28H28FN5O3/c1-19-17-20(11-12-24(19)37-22-8-3-2-4-9-22)34-26-23(13-15-31-27(26)30)33(28(34)36)21-7-6-16-32(18-21)25(35)10-5-14-29/h2-5,8-13,15,17,21H,6-7,14,16,18H2,1H3,(H2,30,31)/b10-5+. The van der Waals surface area contributed by atoms with Gasteiger partial charge in [0.25, 0.3) is 0 Å². The molecule has 1 aliphatic heterocycles. The maximum absolute atomic E-state index is 13.9. The summed E-state index contributed by atoms with van der Waals surface area (Å²) >= 11 is 0. The number of piperidine rings is 1. The Morgan fingerprint density at radius 3 is 2.78 bits per heavy atom. The summed E-state index contributed by atoms with van der Waals surface area (Å²) in [5.74, 6) is 1.38. The first-order valence-electron chi connectivity index (χ1n) is 12.2. The summed E-state index contributed by atoms with van der Waals surface area (Å²) in [6.45, 7) is 2.13. The van der Waals surface area contributed by atoms with Gasteiger partial charge in [-0.15, -0.1) is 0 Å². The zero-order chi connectivity index (χ0) is 25.9. The number of pyridine rings is 1. The number of carbonyl (C=O) groups is 1. The molecular formula is C28H28FN5O3. The van der Waals surface area contributed by atoms with Gasteiger partial charge in [-0.05, 0) is 67.8 Å². The molecule has 37 heavy (non-hydrogen) atoms. The summed E-state index contributed by atoms with van der Waals surface area (Å²) in [7, 11) is 0. The van der Waals surface area contributed by atoms with Crippen molar-refractivity contribution in [3.63, 3.8) is 0 Å². The highest BCUT2D eigenvalue weighted by Crippen LogP contribution is 2.31. The first-order chi connectivity index (χ1) is 18.0. The lowest BCUT2D eigenvalue weighted by Gasteiger charge is -2.32. The molecular weight excluding hydrogens is 473 g/mol. The molecule has 190 valence electrons. The van der Waals surface area contributed by atoms with Crippen molar-refractivity contribution in [1.29, 1.82) is 0 Å². The molecule has 0 spiro atoms. The quantitative estimate of drug-likeness (QED) is 0.391. The predicted molar refractivity (Wildman–Crippen MR) is 141 cm³/mol. The molecule has 9 heteroatoms. The summed E-state index contributed by atoms with van der Waals surface area (Å²) in [6, 6.07) is 16.5. The third-order valence-corrected chi connectivity index (χ3v) is 6.62. The van der Waals surface area contributed by atoms with E-state index < -0.39 is 6.67 Å². The molecule has 0 radical (unpaired) electrons. The number of hydrogen-bond acceptors (Lipinski definition) is 5. The molecule has 4 aromatic rings. The van der Waals surface area contributed by atoms with Crippen LogP contribution in [0.4, 0.5) is 10.2 Å². The Bertz CT molecular complexity index is 1530. The lowest BCUT2D eigenvalue weighted by atomic mass is 10.1. The van der Waals surface area contributed by atoms with Gasteiger partial charge in [-0.2, -0.15) is 0 Å². The number of amides is 1. The number of anilines is 1. The van der Waals surface area contributed by atoms with Gasteiger partial charge in [0.15, 0.2) is 0 Å². The maximum Gasteiger partial charge on any atom is 0.334 e. The van der Waals surface area contributed by atoms with Crippen molar-refractivity contribution < 1.29 is 13.9 Å². The highest BCUT2D eigenvalue weighted by atomic mass is 19.1. The van der Waals surface area contributed by atoms with Gasteiger partial charge in [0.05, 0.1) is 17.2 Å². The van der Waals surface area contributed by atoms with Gasteiger partial charge in [0.1, 0.15) is 29.5 Å². The molecule has 1 fully saturated rings. The number of rotatable bonds is 6. The molecule has 8 nitrogen and oxygen atoms in total. The van der Waals surface area contributed by atoms with Crippen molar-refractivity contribution in [2.24, 2.45) is 0 Å². The number of halogens is 1. The van der Waals surface area contributed by atoms with Crippen LogP contribution in [-0.4, -0.2) is 44.7 Å². The van der Waals surface area contributed by atoms with E-state index in [1.54, 1.807) is 26.3 Å². The van der Waals surface area contributed by atoms with Crippen LogP contribution in [0.15, 0.2) is 77.7 Å². The van der Waals surface area contributed by atoms with E-state index in [-0.39, 0.29) is 23.5 Å². The largest absolute Gasteiger partial charge is 0.457 e. The molecule has 3 heterocycles. The Morgan fingerprint density at radius 2 is 2.03 bits per heavy atom. The van der Waals surface area contributed by atoms with Gasteiger partial charge in [0, 0.05) is 25.4 Å². The Morgan fingerprint density at radius 1 is 1.22 bits per heavy atom. The van der Waals surface area contributed by atoms with Crippen LogP contribution in [0.25, 0.3) is 16.7 Å². The first-order valence-corrected chi connectivity index (χ1v) is 12.2. The lowest BCUT2D eigenvalue weighted by molar-refractivity contribution is -0.127. The monoisotopic (exact) mass is 501 g/mol. The second-order valence-corrected chi connectivity index (χ2v) is 9.05. The molecule has 2 aromatic carbocycles. The van der Waals surface area contributed by atoms with Crippen LogP contribution in [0.1, 0.15) is 24.4 Å². The highest BCUT2D eigenvalue weighted by molar-refractivity contribution is 5.88. The fourth-order valence-corrected chi connectivity index (χ4v) is 4.90. The van der Waals surface area contributed by atoms with Crippen molar-refractivity contribution in [2.45, 2.75) is 25.8 Å². The molecule has 1 amide bonds. The normalized spacial score (nSPS) is 15.9. The van der Waals surface area contributed by atoms with Crippen molar-refractivity contribution in [1.82, 2.24) is 19.0 Å². The van der Waals surface area contributed by atoms with Crippen LogP contribution < -0.4 is 16.2 Å². The first kappa shape index (κ1) is 24.3. The van der Waals surface area contributed by atoms with E-state index in [2.05, 4.69) is 4.98 Å². The zero-order valence-electron chi connectivity index (χ0n) is 20.5. The number of nitrogen functional groups attached to an aromatic ring is 1. The minimum atomic E-state index is -0.698. The molecule has 1 saturated heterocycles. The van der Waals surface area contributed by atoms with E-state index in [4.69, 9.17) is 10.5 Å². The van der Waals surface area contributed by atoms with E-state index in [0.717, 1.165) is 24.2 Å². The Balaban J connectivity index is 1.55. The maximum atomic E-state index is 13.9. The van der Waals surface area contributed by atoms with Crippen molar-refractivity contribution in [3.8, 4) is 17.2 Å². The summed E-state index contributed by atoms with van der Waals surface area (Å²) in [4.78, 5) is 32.3. The van der Waals surface area contributed by atoms with Gasteiger partial charge in [0.2, 0.25) is 5.91 Å². The number of alkyl halides is 1. The van der Waals surface area contributed by atoms with E-state index >= 15 is 0 Å². The summed E-state index contributed by atoms with van der Waals surface area (Å²) < 4.78 is 21.8. The van der Waals surface area contributed by atoms with E-state index in [1.807, 2.05) is 55.5 Å². The second-order valence-electron chi connectivity index (χ2n) is 9.05. The minimum Gasteiger partial charge on any atom is -0.457 e. The van der Waals surface area contributed by atoms with Crippen molar-refractivity contribution >= 4 is 22.8 Å². The molecule has 5 rings (SSSR count). The van der Waals surface area contributed by atoms with Crippen LogP contribution in [0, 0.1) is 6.92 Å². The van der Waals surface area contributed by atoms with Crippen LogP contribution in [-0.2, 0) is 4.79 Å². The van der Waals surface area contributed by atoms with E-state index in [0.29, 0.717) is 35.6 Å². The number of ether oxygens (including phenoxy) is 1. The highest BCUT2D eigenvalue weighted by Gasteiger charge is 2.28. The Kier molecular flexibility index (Phi) is 6.76. The Labute approximate surface area is 213 Å². The van der Waals surface area contributed by atoms with Crippen LogP contribution in [0.5, 0.6) is 11.5 Å². The van der Waals surface area contributed by atoms with E-state index in [1.165, 1.54) is 12.2 Å². The number of likely N-dealkylation sites (tertiary alicyclic amines) is 1. The fraction of sp³-hybridized carbons (Fsp3) is 0.250. The number of carbonyl (C=O) groups excluding carboxylic acids is 1. The van der Waals surface area contributed by atoms with Crippen LogP contribution in [0.3, 0.4) is 0 Å². The Hall–Kier alpha value is -4.40. The minimum absolute atomic E-state index is 0.241. The van der Waals surface area contributed by atoms with Crippen LogP contribution >= 0.6 is 0 Å². The number of benzene rings is 2. The number of aryl methyl sites for hydroxylation is 1. The molecule has 0 aliphatic carbocycles. The number of nitrogens with two attached hydrogens (primary N) is 1. The molecule has 2 aromatic heterocycles. The van der Waals surface area contributed by atoms with Gasteiger partial charge in [-0.3, -0.25) is 13.9 Å². The number of allylic oxidation sites excluding steroid dienone is 1. The van der Waals surface area contributed by atoms with Crippen molar-refractivity contribution in [2.75, 3.05) is 25.5 Å². The molecule has 1 aliphatic rings. The molecule has 0 bridgehead atoms. The fourth-order valence-electron chi connectivity index (χ4n) is 4.90. The number of para-hydroxylation sites is 1. The smallest absolute Gasteiger partial charge is 0.334 e. The molecule has 0 saturated carbocycles. The van der Waals surface area contributed by atoms with Gasteiger partial charge in [-0.25, -0.2) is 14.2 Å². The molecule has 1 atom stereocenters. The molecule has 1 unspecified atom stereocenters. The SMILES string of the molecule is Cc1cc(-n2c(=O)n(C3CCCN(C(=O)/C=C/CF)C3)c3ccnc(N)c32)ccc1Oc1ccccc1.